The summed E-state index contributed by atoms with van der Waals surface area (Å²) < 4.78 is 14.6. The molecule has 0 saturated carbocycles. The van der Waals surface area contributed by atoms with Crippen LogP contribution in [0.15, 0.2) is 60.9 Å². The molecular weight excluding hydrogens is 421 g/mol. The van der Waals surface area contributed by atoms with Gasteiger partial charge in [0.25, 0.3) is 5.91 Å². The highest BCUT2D eigenvalue weighted by Crippen LogP contribution is 2.34. The molecule has 1 aliphatic heterocycles. The number of aryl methyl sites for hydroxylation is 1. The third-order valence-corrected chi connectivity index (χ3v) is 5.79. The number of phenolic OH excluding ortho intramolecular Hbond substituents is 1. The van der Waals surface area contributed by atoms with E-state index in [1.54, 1.807) is 18.3 Å². The number of rotatable bonds is 4. The van der Waals surface area contributed by atoms with Gasteiger partial charge in [-0.2, -0.15) is 0 Å². The number of hydrogen-bond donors (Lipinski definition) is 2. The van der Waals surface area contributed by atoms with Crippen molar-refractivity contribution < 1.29 is 18.6 Å². The quantitative estimate of drug-likeness (QED) is 0.473. The number of aromatic nitrogens is 3. The molecule has 0 radical (unpaired) electrons. The van der Waals surface area contributed by atoms with Gasteiger partial charge in [-0.25, -0.2) is 14.4 Å². The van der Waals surface area contributed by atoms with Gasteiger partial charge in [0.1, 0.15) is 17.4 Å². The van der Waals surface area contributed by atoms with Crippen LogP contribution in [0.1, 0.15) is 26.6 Å². The standard InChI is InChI=1S/C25H22FN5O2.3H2/c1-15-7-8-18-20(12-15)29-23(22-19(26)5-2-6-21(22)32)30-24(18)31-11-9-17(14-31)28-25(33)16-4-3-10-27-13-16;;;/h2-8,10,12-13,17,32H,9,11,14H2,1H3,(H,28,33);3*1H/t17-;;;/m1.../s1. The number of halogens is 1. The largest absolute Gasteiger partial charge is 0.507 e. The van der Waals surface area contributed by atoms with E-state index in [0.29, 0.717) is 30.0 Å². The summed E-state index contributed by atoms with van der Waals surface area (Å²) in [5.74, 6) is -0.195. The van der Waals surface area contributed by atoms with Crippen LogP contribution in [0.4, 0.5) is 10.2 Å². The molecule has 1 fully saturated rings. The molecule has 33 heavy (non-hydrogen) atoms. The lowest BCUT2D eigenvalue weighted by atomic mass is 10.1. The number of nitrogens with one attached hydrogen (secondary N) is 1. The van der Waals surface area contributed by atoms with Crippen LogP contribution in [0.25, 0.3) is 22.3 Å². The molecule has 2 N–H and O–H groups in total. The average molecular weight is 450 g/mol. The topological polar surface area (TPSA) is 91.2 Å². The van der Waals surface area contributed by atoms with Crippen LogP contribution in [0.5, 0.6) is 5.75 Å². The Balaban J connectivity index is 0.00000152. The maximum absolute atomic E-state index is 14.6. The third kappa shape index (κ3) is 4.07. The van der Waals surface area contributed by atoms with E-state index in [0.717, 1.165) is 17.4 Å². The molecule has 1 atom stereocenters. The fraction of sp³-hybridized carbons (Fsp3) is 0.200. The highest BCUT2D eigenvalue weighted by Gasteiger charge is 2.28. The number of aromatic hydroxyl groups is 1. The average Bonchev–Trinajstić information content (AvgIpc) is 3.27. The third-order valence-electron chi connectivity index (χ3n) is 5.79. The molecule has 172 valence electrons. The maximum Gasteiger partial charge on any atom is 0.253 e. The number of benzene rings is 2. The molecule has 2 aromatic heterocycles. The van der Waals surface area contributed by atoms with Crippen molar-refractivity contribution in [2.24, 2.45) is 0 Å². The molecular formula is C25H28FN5O2. The second-order valence-corrected chi connectivity index (χ2v) is 8.17. The number of carbonyl (C=O) groups excluding carboxylic acids is 1. The van der Waals surface area contributed by atoms with E-state index in [2.05, 4.69) is 25.2 Å². The van der Waals surface area contributed by atoms with Crippen LogP contribution in [0.3, 0.4) is 0 Å². The summed E-state index contributed by atoms with van der Waals surface area (Å²) >= 11 is 0. The summed E-state index contributed by atoms with van der Waals surface area (Å²) in [4.78, 5) is 27.8. The Morgan fingerprint density at radius 2 is 2.09 bits per heavy atom. The number of amides is 1. The summed E-state index contributed by atoms with van der Waals surface area (Å²) in [5, 5.41) is 14.2. The number of nitrogens with zero attached hydrogens (tertiary/aromatic N) is 4. The van der Waals surface area contributed by atoms with E-state index in [1.807, 2.05) is 25.1 Å². The van der Waals surface area contributed by atoms with E-state index in [-0.39, 0.29) is 33.4 Å². The number of fused-ring (bicyclic) bond motifs is 1. The fourth-order valence-electron chi connectivity index (χ4n) is 4.15. The highest BCUT2D eigenvalue weighted by molar-refractivity contribution is 5.94. The number of anilines is 1. The Kier molecular flexibility index (Phi) is 5.34. The van der Waals surface area contributed by atoms with Crippen molar-refractivity contribution >= 4 is 22.6 Å². The lowest BCUT2D eigenvalue weighted by Gasteiger charge is -2.21. The zero-order chi connectivity index (χ0) is 22.9. The summed E-state index contributed by atoms with van der Waals surface area (Å²) in [7, 11) is 0. The fourth-order valence-corrected chi connectivity index (χ4v) is 4.15. The smallest absolute Gasteiger partial charge is 0.253 e. The van der Waals surface area contributed by atoms with Gasteiger partial charge in [-0.3, -0.25) is 9.78 Å². The van der Waals surface area contributed by atoms with E-state index >= 15 is 0 Å². The highest BCUT2D eigenvalue weighted by atomic mass is 19.1. The van der Waals surface area contributed by atoms with Crippen molar-refractivity contribution in [3.05, 3.63) is 77.9 Å². The monoisotopic (exact) mass is 449 g/mol. The first kappa shape index (κ1) is 20.8. The van der Waals surface area contributed by atoms with Crippen LogP contribution in [-0.4, -0.2) is 45.1 Å². The lowest BCUT2D eigenvalue weighted by Crippen LogP contribution is -2.37. The van der Waals surface area contributed by atoms with Gasteiger partial charge in [0.15, 0.2) is 5.82 Å². The van der Waals surface area contributed by atoms with Crippen molar-refractivity contribution in [3.63, 3.8) is 0 Å². The molecule has 0 aliphatic carbocycles. The molecule has 1 aliphatic rings. The second-order valence-electron chi connectivity index (χ2n) is 8.17. The molecule has 7 nitrogen and oxygen atoms in total. The van der Waals surface area contributed by atoms with Crippen LogP contribution in [-0.2, 0) is 0 Å². The first-order valence-corrected chi connectivity index (χ1v) is 10.7. The first-order chi connectivity index (χ1) is 16.0. The van der Waals surface area contributed by atoms with Gasteiger partial charge in [0.2, 0.25) is 0 Å². The maximum atomic E-state index is 14.6. The molecule has 1 saturated heterocycles. The number of carbonyl (C=O) groups is 1. The van der Waals surface area contributed by atoms with E-state index in [9.17, 15) is 14.3 Å². The Bertz CT molecular complexity index is 1340. The Hall–Kier alpha value is -4.07. The number of phenols is 1. The molecule has 2 aromatic carbocycles. The van der Waals surface area contributed by atoms with Gasteiger partial charge in [-0.15, -0.1) is 0 Å². The Morgan fingerprint density at radius 1 is 1.21 bits per heavy atom. The summed E-state index contributed by atoms with van der Waals surface area (Å²) in [5.41, 5.74) is 2.17. The van der Waals surface area contributed by atoms with Crippen LogP contribution >= 0.6 is 0 Å². The zero-order valence-electron chi connectivity index (χ0n) is 18.0. The molecule has 1 amide bonds. The molecule has 4 aromatic rings. The SMILES string of the molecule is Cc1ccc2c(N3CC[C@@H](NC(=O)c4cccnc4)C3)nc(-c3c(O)cccc3F)nc2c1.[HH].[HH].[HH]. The second kappa shape index (κ2) is 8.46. The van der Waals surface area contributed by atoms with Crippen molar-refractivity contribution in [1.82, 2.24) is 20.3 Å². The summed E-state index contributed by atoms with van der Waals surface area (Å²) in [6, 6.07) is 13.4. The van der Waals surface area contributed by atoms with Gasteiger partial charge < -0.3 is 15.3 Å². The predicted molar refractivity (Wildman–Crippen MR) is 130 cm³/mol. The van der Waals surface area contributed by atoms with Gasteiger partial charge in [-0.1, -0.05) is 12.1 Å². The Labute approximate surface area is 194 Å². The van der Waals surface area contributed by atoms with Crippen LogP contribution < -0.4 is 10.2 Å². The minimum atomic E-state index is -0.587. The lowest BCUT2D eigenvalue weighted by molar-refractivity contribution is 0.0940. The van der Waals surface area contributed by atoms with Gasteiger partial charge in [0.05, 0.1) is 16.6 Å². The summed E-state index contributed by atoms with van der Waals surface area (Å²) in [6.07, 6.45) is 3.90. The Morgan fingerprint density at radius 3 is 2.88 bits per heavy atom. The summed E-state index contributed by atoms with van der Waals surface area (Å²) in [6.45, 7) is 3.18. The molecule has 8 heteroatoms. The predicted octanol–water partition coefficient (Wildman–Crippen LogP) is 4.59. The molecule has 0 spiro atoms. The molecule has 3 heterocycles. The van der Waals surface area contributed by atoms with E-state index in [1.165, 1.54) is 24.4 Å². The zero-order valence-corrected chi connectivity index (χ0v) is 18.0. The van der Waals surface area contributed by atoms with Crippen molar-refractivity contribution in [2.45, 2.75) is 19.4 Å². The van der Waals surface area contributed by atoms with Crippen molar-refractivity contribution in [3.8, 4) is 17.1 Å². The van der Waals surface area contributed by atoms with Gasteiger partial charge >= 0.3 is 0 Å². The molecule has 5 rings (SSSR count). The van der Waals surface area contributed by atoms with Crippen molar-refractivity contribution in [2.75, 3.05) is 18.0 Å². The normalized spacial score (nSPS) is 15.7. The molecule has 0 bridgehead atoms. The molecule has 0 unspecified atom stereocenters. The number of pyridine rings is 1. The number of hydrogen-bond acceptors (Lipinski definition) is 6. The van der Waals surface area contributed by atoms with Gasteiger partial charge in [0, 0.05) is 41.2 Å². The van der Waals surface area contributed by atoms with E-state index in [4.69, 9.17) is 0 Å². The van der Waals surface area contributed by atoms with Crippen molar-refractivity contribution in [1.29, 1.82) is 0 Å². The van der Waals surface area contributed by atoms with Gasteiger partial charge in [-0.05, 0) is 55.3 Å². The van der Waals surface area contributed by atoms with E-state index < -0.39 is 5.82 Å². The first-order valence-electron chi connectivity index (χ1n) is 10.7. The minimum Gasteiger partial charge on any atom is -0.507 e. The van der Waals surface area contributed by atoms with Crippen LogP contribution in [0.2, 0.25) is 0 Å². The van der Waals surface area contributed by atoms with Crippen LogP contribution in [0, 0.1) is 12.7 Å². The minimum absolute atomic E-state index is 0.